The Balaban J connectivity index is 1.55. The average molecular weight is 476 g/mol. The van der Waals surface area contributed by atoms with Crippen LogP contribution in [0.15, 0.2) is 36.4 Å². The lowest BCUT2D eigenvalue weighted by atomic mass is 9.75. The van der Waals surface area contributed by atoms with E-state index < -0.39 is 34.1 Å². The third kappa shape index (κ3) is 2.60. The third-order valence-electron chi connectivity index (χ3n) is 8.08. The molecule has 0 aliphatic carbocycles. The molecule has 0 aromatic heterocycles. The van der Waals surface area contributed by atoms with Crippen LogP contribution in [0.25, 0.3) is 0 Å². The van der Waals surface area contributed by atoms with Crippen LogP contribution in [0.5, 0.6) is 5.75 Å². The number of aryl methyl sites for hydroxylation is 1. The Morgan fingerprint density at radius 2 is 1.97 bits per heavy atom. The van der Waals surface area contributed by atoms with Crippen molar-refractivity contribution in [3.63, 3.8) is 0 Å². The number of non-ortho nitro benzene ring substituents is 1. The third-order valence-corrected chi connectivity index (χ3v) is 8.08. The molecule has 180 valence electrons. The van der Waals surface area contributed by atoms with Crippen molar-refractivity contribution >= 4 is 34.8 Å². The summed E-state index contributed by atoms with van der Waals surface area (Å²) in [5, 5.41) is 14.4. The molecular formula is C25H24N4O6. The van der Waals surface area contributed by atoms with Gasteiger partial charge in [0, 0.05) is 29.4 Å². The summed E-state index contributed by atoms with van der Waals surface area (Å²) in [4.78, 5) is 55.7. The standard InChI is InChI=1S/C25H24N4O6/c1-3-13-6-8-16-15(11-13)25(24(32)26-16)21-20(17-5-4-10-27(17)25)22(30)28(23(21)31)18-12-14(29(33)34)7-9-19(18)35-2/h6-9,11-12,17,20-21H,3-5,10H2,1-2H3,(H,26,32)/t17-,20+,21+,25-/m1/s1. The van der Waals surface area contributed by atoms with Gasteiger partial charge in [0.15, 0.2) is 0 Å². The Hall–Kier alpha value is -3.79. The Labute approximate surface area is 201 Å². The van der Waals surface area contributed by atoms with Crippen LogP contribution in [0.4, 0.5) is 17.1 Å². The second-order valence-electron chi connectivity index (χ2n) is 9.49. The Bertz CT molecular complexity index is 1330. The van der Waals surface area contributed by atoms with E-state index in [2.05, 4.69) is 10.2 Å². The van der Waals surface area contributed by atoms with Crippen LogP contribution in [0.3, 0.4) is 0 Å². The molecule has 4 aliphatic heterocycles. The molecule has 0 radical (unpaired) electrons. The molecule has 1 N–H and O–H groups in total. The second kappa shape index (κ2) is 7.35. The number of fused-ring (bicyclic) bond motifs is 7. The molecule has 4 atom stereocenters. The van der Waals surface area contributed by atoms with Gasteiger partial charge < -0.3 is 10.1 Å². The second-order valence-corrected chi connectivity index (χ2v) is 9.49. The van der Waals surface area contributed by atoms with Gasteiger partial charge in [-0.25, -0.2) is 4.90 Å². The first-order chi connectivity index (χ1) is 16.8. The van der Waals surface area contributed by atoms with Crippen molar-refractivity contribution in [2.24, 2.45) is 11.8 Å². The van der Waals surface area contributed by atoms with E-state index in [9.17, 15) is 24.5 Å². The molecule has 3 fully saturated rings. The van der Waals surface area contributed by atoms with E-state index in [1.165, 1.54) is 25.3 Å². The first-order valence-corrected chi connectivity index (χ1v) is 11.8. The number of hydrogen-bond acceptors (Lipinski definition) is 7. The highest BCUT2D eigenvalue weighted by Gasteiger charge is 2.74. The fraction of sp³-hybridized carbons (Fsp3) is 0.400. The minimum atomic E-state index is -1.29. The fourth-order valence-corrected chi connectivity index (χ4v) is 6.67. The number of nitrogens with one attached hydrogen (secondary N) is 1. The number of benzene rings is 2. The average Bonchev–Trinajstić information content (AvgIpc) is 3.56. The normalized spacial score (nSPS) is 28.9. The van der Waals surface area contributed by atoms with Crippen molar-refractivity contribution < 1.29 is 24.0 Å². The predicted molar refractivity (Wildman–Crippen MR) is 125 cm³/mol. The van der Waals surface area contributed by atoms with Crippen molar-refractivity contribution in [3.05, 3.63) is 57.6 Å². The zero-order valence-electron chi connectivity index (χ0n) is 19.3. The molecule has 0 unspecified atom stereocenters. The topological polar surface area (TPSA) is 122 Å². The summed E-state index contributed by atoms with van der Waals surface area (Å²) in [7, 11) is 1.38. The Morgan fingerprint density at radius 3 is 2.69 bits per heavy atom. The van der Waals surface area contributed by atoms with Gasteiger partial charge in [-0.05, 0) is 43.5 Å². The lowest BCUT2D eigenvalue weighted by Gasteiger charge is -2.36. The minimum Gasteiger partial charge on any atom is -0.495 e. The van der Waals surface area contributed by atoms with Crippen LogP contribution >= 0.6 is 0 Å². The maximum absolute atomic E-state index is 14.1. The predicted octanol–water partition coefficient (Wildman–Crippen LogP) is 2.60. The van der Waals surface area contributed by atoms with E-state index in [-0.39, 0.29) is 29.1 Å². The van der Waals surface area contributed by atoms with E-state index in [1.807, 2.05) is 25.1 Å². The van der Waals surface area contributed by atoms with Crippen molar-refractivity contribution in [3.8, 4) is 5.75 Å². The summed E-state index contributed by atoms with van der Waals surface area (Å²) in [6.45, 7) is 2.64. The number of amides is 3. The van der Waals surface area contributed by atoms with Gasteiger partial charge in [-0.15, -0.1) is 0 Å². The number of rotatable bonds is 4. The highest BCUT2D eigenvalue weighted by Crippen LogP contribution is 2.61. The van der Waals surface area contributed by atoms with E-state index in [1.54, 1.807) is 0 Å². The fourth-order valence-electron chi connectivity index (χ4n) is 6.67. The number of anilines is 2. The summed E-state index contributed by atoms with van der Waals surface area (Å²) >= 11 is 0. The van der Waals surface area contributed by atoms with Crippen molar-refractivity contribution in [2.45, 2.75) is 37.8 Å². The molecule has 3 saturated heterocycles. The number of nitro groups is 1. The van der Waals surface area contributed by atoms with E-state index in [4.69, 9.17) is 4.74 Å². The maximum atomic E-state index is 14.1. The zero-order valence-corrected chi connectivity index (χ0v) is 19.3. The molecule has 0 bridgehead atoms. The number of nitrogens with zero attached hydrogens (tertiary/aromatic N) is 3. The molecule has 4 aliphatic rings. The van der Waals surface area contributed by atoms with Gasteiger partial charge in [0.2, 0.25) is 17.7 Å². The quantitative estimate of drug-likeness (QED) is 0.409. The SMILES string of the molecule is CCc1ccc2c(c1)[C@]1(C(=O)N2)[C@@H]2C(=O)N(c3cc([N+](=O)[O-])ccc3OC)C(=O)[C@H]2[C@H]2CCCN21. The highest BCUT2D eigenvalue weighted by molar-refractivity contribution is 6.26. The molecule has 2 aromatic carbocycles. The number of nitro benzene ring substituents is 1. The highest BCUT2D eigenvalue weighted by atomic mass is 16.6. The molecule has 10 heteroatoms. The molecule has 10 nitrogen and oxygen atoms in total. The van der Waals surface area contributed by atoms with Gasteiger partial charge in [-0.3, -0.25) is 29.4 Å². The molecule has 35 heavy (non-hydrogen) atoms. The zero-order chi connectivity index (χ0) is 24.6. The van der Waals surface area contributed by atoms with Crippen LogP contribution < -0.4 is 15.0 Å². The van der Waals surface area contributed by atoms with Crippen molar-refractivity contribution in [2.75, 3.05) is 23.9 Å². The summed E-state index contributed by atoms with van der Waals surface area (Å²) in [5.74, 6) is -2.75. The summed E-state index contributed by atoms with van der Waals surface area (Å²) in [6.07, 6.45) is 2.27. The number of hydrogen-bond donors (Lipinski definition) is 1. The molecule has 4 heterocycles. The van der Waals surface area contributed by atoms with Crippen LogP contribution in [0, 0.1) is 22.0 Å². The largest absolute Gasteiger partial charge is 0.495 e. The van der Waals surface area contributed by atoms with Gasteiger partial charge in [0.05, 0.1) is 23.9 Å². The molecule has 6 rings (SSSR count). The smallest absolute Gasteiger partial charge is 0.271 e. The van der Waals surface area contributed by atoms with Crippen molar-refractivity contribution in [1.29, 1.82) is 0 Å². The minimum absolute atomic E-state index is 0.0340. The molecular weight excluding hydrogens is 452 g/mol. The van der Waals surface area contributed by atoms with Crippen LogP contribution in [0.2, 0.25) is 0 Å². The van der Waals surface area contributed by atoms with Gasteiger partial charge in [-0.2, -0.15) is 0 Å². The van der Waals surface area contributed by atoms with E-state index >= 15 is 0 Å². The molecule has 0 saturated carbocycles. The van der Waals surface area contributed by atoms with Gasteiger partial charge >= 0.3 is 0 Å². The number of carbonyl (C=O) groups excluding carboxylic acids is 3. The van der Waals surface area contributed by atoms with Gasteiger partial charge in [-0.1, -0.05) is 19.1 Å². The Morgan fingerprint density at radius 1 is 1.17 bits per heavy atom. The maximum Gasteiger partial charge on any atom is 0.271 e. The van der Waals surface area contributed by atoms with Crippen molar-refractivity contribution in [1.82, 2.24) is 4.90 Å². The van der Waals surface area contributed by atoms with Crippen LogP contribution in [-0.2, 0) is 26.3 Å². The number of imide groups is 1. The van der Waals surface area contributed by atoms with Crippen LogP contribution in [0.1, 0.15) is 30.9 Å². The number of methoxy groups -OCH3 is 1. The van der Waals surface area contributed by atoms with E-state index in [0.717, 1.165) is 28.9 Å². The summed E-state index contributed by atoms with van der Waals surface area (Å²) < 4.78 is 5.36. The summed E-state index contributed by atoms with van der Waals surface area (Å²) in [6, 6.07) is 9.35. The van der Waals surface area contributed by atoms with E-state index in [0.29, 0.717) is 18.7 Å². The number of carbonyl (C=O) groups is 3. The summed E-state index contributed by atoms with van der Waals surface area (Å²) in [5.41, 5.74) is 0.911. The molecule has 3 amide bonds. The van der Waals surface area contributed by atoms with Gasteiger partial charge in [0.1, 0.15) is 17.0 Å². The molecule has 1 spiro atoms. The molecule has 2 aromatic rings. The van der Waals surface area contributed by atoms with Gasteiger partial charge in [0.25, 0.3) is 5.69 Å². The monoisotopic (exact) mass is 476 g/mol. The lowest BCUT2D eigenvalue weighted by Crippen LogP contribution is -2.54. The lowest BCUT2D eigenvalue weighted by molar-refractivity contribution is -0.384. The number of ether oxygens (including phenoxy) is 1. The first-order valence-electron chi connectivity index (χ1n) is 11.8. The Kier molecular flexibility index (Phi) is 4.56. The first kappa shape index (κ1) is 21.7. The van der Waals surface area contributed by atoms with Crippen LogP contribution in [-0.4, -0.2) is 47.2 Å².